The summed E-state index contributed by atoms with van der Waals surface area (Å²) in [4.78, 5) is 14.4. The molecule has 1 aliphatic rings. The first-order valence-electron chi connectivity index (χ1n) is 8.17. The van der Waals surface area contributed by atoms with E-state index < -0.39 is 0 Å². The number of amides is 1. The van der Waals surface area contributed by atoms with E-state index in [4.69, 9.17) is 0 Å². The summed E-state index contributed by atoms with van der Waals surface area (Å²) in [6.07, 6.45) is 4.05. The molecule has 1 amide bonds. The van der Waals surface area contributed by atoms with Crippen molar-refractivity contribution in [2.24, 2.45) is 10.2 Å². The summed E-state index contributed by atoms with van der Waals surface area (Å²) in [6.45, 7) is 4.17. The SMILES string of the molecule is C=CCN1C(=O)[C@@H](Cc2ccc(Br)cc2)S/C1=N\N=C/c1ccccc1. The van der Waals surface area contributed by atoms with E-state index in [0.29, 0.717) is 18.1 Å². The minimum atomic E-state index is -0.193. The number of halogens is 1. The fourth-order valence-corrected chi connectivity index (χ4v) is 3.94. The molecule has 1 fully saturated rings. The van der Waals surface area contributed by atoms with Crippen LogP contribution in [-0.4, -0.2) is 34.0 Å². The van der Waals surface area contributed by atoms with Crippen LogP contribution < -0.4 is 0 Å². The van der Waals surface area contributed by atoms with Crippen molar-refractivity contribution < 1.29 is 4.79 Å². The highest BCUT2D eigenvalue weighted by atomic mass is 79.9. The third-order valence-electron chi connectivity index (χ3n) is 3.82. The molecule has 2 aromatic carbocycles. The molecule has 0 saturated carbocycles. The van der Waals surface area contributed by atoms with E-state index in [9.17, 15) is 4.79 Å². The molecule has 0 radical (unpaired) electrons. The van der Waals surface area contributed by atoms with Crippen molar-refractivity contribution in [2.75, 3.05) is 6.54 Å². The topological polar surface area (TPSA) is 45.0 Å². The largest absolute Gasteiger partial charge is 0.285 e. The zero-order chi connectivity index (χ0) is 18.4. The number of amidine groups is 1. The summed E-state index contributed by atoms with van der Waals surface area (Å²) < 4.78 is 1.03. The van der Waals surface area contributed by atoms with Crippen molar-refractivity contribution in [1.29, 1.82) is 0 Å². The zero-order valence-electron chi connectivity index (χ0n) is 14.1. The Bertz CT molecular complexity index is 834. The highest BCUT2D eigenvalue weighted by Crippen LogP contribution is 2.30. The normalized spacial score (nSPS) is 18.8. The van der Waals surface area contributed by atoms with Crippen LogP contribution in [0.1, 0.15) is 11.1 Å². The molecule has 2 aromatic rings. The van der Waals surface area contributed by atoms with Crippen molar-refractivity contribution in [3.05, 3.63) is 82.9 Å². The fraction of sp³-hybridized carbons (Fsp3) is 0.150. The van der Waals surface area contributed by atoms with Gasteiger partial charge < -0.3 is 0 Å². The van der Waals surface area contributed by atoms with Gasteiger partial charge in [0.15, 0.2) is 5.17 Å². The predicted molar refractivity (Wildman–Crippen MR) is 113 cm³/mol. The van der Waals surface area contributed by atoms with Crippen molar-refractivity contribution in [3.63, 3.8) is 0 Å². The maximum atomic E-state index is 12.7. The second kappa shape index (κ2) is 8.96. The molecule has 0 aromatic heterocycles. The van der Waals surface area contributed by atoms with E-state index in [2.05, 4.69) is 32.7 Å². The number of hydrogen-bond acceptors (Lipinski definition) is 4. The van der Waals surface area contributed by atoms with Gasteiger partial charge >= 0.3 is 0 Å². The van der Waals surface area contributed by atoms with Crippen LogP contribution in [0.5, 0.6) is 0 Å². The molecule has 1 aliphatic heterocycles. The van der Waals surface area contributed by atoms with Crippen molar-refractivity contribution in [3.8, 4) is 0 Å². The molecule has 1 saturated heterocycles. The van der Waals surface area contributed by atoms with Crippen LogP contribution in [0.4, 0.5) is 0 Å². The number of carbonyl (C=O) groups excluding carboxylic acids is 1. The van der Waals surface area contributed by atoms with E-state index in [1.807, 2.05) is 54.6 Å². The van der Waals surface area contributed by atoms with Gasteiger partial charge in [-0.25, -0.2) is 0 Å². The molecule has 132 valence electrons. The summed E-state index contributed by atoms with van der Waals surface area (Å²) in [5.41, 5.74) is 2.08. The lowest BCUT2D eigenvalue weighted by atomic mass is 10.1. The summed E-state index contributed by atoms with van der Waals surface area (Å²) in [5, 5.41) is 8.85. The Hall–Kier alpha value is -2.18. The number of thioether (sulfide) groups is 1. The summed E-state index contributed by atoms with van der Waals surface area (Å²) >= 11 is 4.89. The molecule has 4 nitrogen and oxygen atoms in total. The van der Waals surface area contributed by atoms with Crippen LogP contribution in [0, 0.1) is 0 Å². The van der Waals surface area contributed by atoms with Gasteiger partial charge in [-0.15, -0.1) is 11.7 Å². The summed E-state index contributed by atoms with van der Waals surface area (Å²) in [5.74, 6) is 0.0477. The lowest BCUT2D eigenvalue weighted by Crippen LogP contribution is -2.32. The van der Waals surface area contributed by atoms with Crippen LogP contribution in [0.25, 0.3) is 0 Å². The molecule has 26 heavy (non-hydrogen) atoms. The monoisotopic (exact) mass is 427 g/mol. The van der Waals surface area contributed by atoms with Gasteiger partial charge in [-0.1, -0.05) is 76.2 Å². The molecule has 3 rings (SSSR count). The number of benzene rings is 2. The number of hydrogen-bond donors (Lipinski definition) is 0. The van der Waals surface area contributed by atoms with E-state index >= 15 is 0 Å². The lowest BCUT2D eigenvalue weighted by molar-refractivity contribution is -0.125. The van der Waals surface area contributed by atoms with E-state index in [1.165, 1.54) is 11.8 Å². The maximum Gasteiger partial charge on any atom is 0.242 e. The molecule has 1 heterocycles. The van der Waals surface area contributed by atoms with Crippen molar-refractivity contribution in [1.82, 2.24) is 4.90 Å². The minimum Gasteiger partial charge on any atom is -0.285 e. The Morgan fingerprint density at radius 2 is 1.88 bits per heavy atom. The Morgan fingerprint density at radius 3 is 2.58 bits per heavy atom. The highest BCUT2D eigenvalue weighted by Gasteiger charge is 2.37. The molecule has 0 aliphatic carbocycles. The van der Waals surface area contributed by atoms with Crippen LogP contribution in [-0.2, 0) is 11.2 Å². The first-order chi connectivity index (χ1) is 12.7. The summed E-state index contributed by atoms with van der Waals surface area (Å²) in [6, 6.07) is 17.8. The summed E-state index contributed by atoms with van der Waals surface area (Å²) in [7, 11) is 0. The van der Waals surface area contributed by atoms with E-state index in [0.717, 1.165) is 15.6 Å². The number of carbonyl (C=O) groups is 1. The average molecular weight is 428 g/mol. The molecule has 0 N–H and O–H groups in total. The van der Waals surface area contributed by atoms with Gasteiger partial charge in [0.2, 0.25) is 5.91 Å². The van der Waals surface area contributed by atoms with E-state index in [-0.39, 0.29) is 11.2 Å². The Kier molecular flexibility index (Phi) is 6.41. The van der Waals surface area contributed by atoms with Crippen molar-refractivity contribution in [2.45, 2.75) is 11.7 Å². The molecular formula is C20H18BrN3OS. The van der Waals surface area contributed by atoms with Gasteiger partial charge in [0.05, 0.1) is 11.5 Å². The standard InChI is InChI=1S/C20H18BrN3OS/c1-2-12-24-19(25)18(13-15-8-10-17(21)11-9-15)26-20(24)23-22-14-16-6-4-3-5-7-16/h2-11,14,18H,1,12-13H2/b22-14-,23-20-/t18-/m1/s1. The fourth-order valence-electron chi connectivity index (χ4n) is 2.53. The number of nitrogens with zero attached hydrogens (tertiary/aromatic N) is 3. The molecule has 0 spiro atoms. The number of rotatable bonds is 6. The minimum absolute atomic E-state index is 0.0477. The quantitative estimate of drug-likeness (QED) is 0.386. The van der Waals surface area contributed by atoms with Crippen LogP contribution in [0.2, 0.25) is 0 Å². The van der Waals surface area contributed by atoms with E-state index in [1.54, 1.807) is 17.2 Å². The second-order valence-corrected chi connectivity index (χ2v) is 7.80. The molecule has 0 bridgehead atoms. The van der Waals surface area contributed by atoms with Gasteiger partial charge in [0.25, 0.3) is 0 Å². The average Bonchev–Trinajstić information content (AvgIpc) is 2.94. The third-order valence-corrected chi connectivity index (χ3v) is 5.51. The first kappa shape index (κ1) is 18.6. The smallest absolute Gasteiger partial charge is 0.242 e. The van der Waals surface area contributed by atoms with Crippen LogP contribution >= 0.6 is 27.7 Å². The van der Waals surface area contributed by atoms with Gasteiger partial charge in [0.1, 0.15) is 0 Å². The Balaban J connectivity index is 1.75. The molecule has 1 atom stereocenters. The van der Waals surface area contributed by atoms with Gasteiger partial charge in [-0.05, 0) is 29.7 Å². The third kappa shape index (κ3) is 4.71. The zero-order valence-corrected chi connectivity index (χ0v) is 16.5. The second-order valence-electron chi connectivity index (χ2n) is 5.71. The van der Waals surface area contributed by atoms with Crippen LogP contribution in [0.15, 0.2) is 81.9 Å². The van der Waals surface area contributed by atoms with Gasteiger partial charge in [-0.3, -0.25) is 9.69 Å². The first-order valence-corrected chi connectivity index (χ1v) is 9.84. The van der Waals surface area contributed by atoms with Crippen molar-refractivity contribution >= 4 is 45.0 Å². The highest BCUT2D eigenvalue weighted by molar-refractivity contribution is 9.10. The van der Waals surface area contributed by atoms with Gasteiger partial charge in [-0.2, -0.15) is 5.10 Å². The molecule has 0 unspecified atom stereocenters. The Labute approximate surface area is 165 Å². The van der Waals surface area contributed by atoms with Crippen LogP contribution in [0.3, 0.4) is 0 Å². The molecular weight excluding hydrogens is 410 g/mol. The predicted octanol–water partition coefficient (Wildman–Crippen LogP) is 4.51. The Morgan fingerprint density at radius 1 is 1.15 bits per heavy atom. The van der Waals surface area contributed by atoms with Gasteiger partial charge in [0, 0.05) is 11.0 Å². The molecule has 6 heteroatoms. The lowest BCUT2D eigenvalue weighted by Gasteiger charge is -2.12. The maximum absolute atomic E-state index is 12.7.